The maximum Gasteiger partial charge on any atom is 0.0449 e. The molecular weight excluding hydrogens is 246 g/mol. The lowest BCUT2D eigenvalue weighted by Gasteiger charge is -2.40. The normalized spacial score (nSPS) is 20.6. The molecule has 0 bridgehead atoms. The third kappa shape index (κ3) is 2.28. The molecule has 1 saturated heterocycles. The van der Waals surface area contributed by atoms with Gasteiger partial charge in [0.1, 0.15) is 0 Å². The number of anilines is 1. The van der Waals surface area contributed by atoms with Crippen LogP contribution >= 0.6 is 0 Å². The van der Waals surface area contributed by atoms with Gasteiger partial charge in [-0.25, -0.2) is 0 Å². The van der Waals surface area contributed by atoms with E-state index in [0.717, 1.165) is 19.6 Å². The first-order valence-corrected chi connectivity index (χ1v) is 7.36. The van der Waals surface area contributed by atoms with E-state index in [9.17, 15) is 0 Å². The van der Waals surface area contributed by atoms with Gasteiger partial charge >= 0.3 is 0 Å². The summed E-state index contributed by atoms with van der Waals surface area (Å²) in [5.74, 6) is 0. The number of piperazine rings is 1. The highest BCUT2D eigenvalue weighted by Crippen LogP contribution is 2.31. The number of hydrogen-bond donors (Lipinski definition) is 1. The van der Waals surface area contributed by atoms with Crippen molar-refractivity contribution in [2.75, 3.05) is 31.6 Å². The highest BCUT2D eigenvalue weighted by atomic mass is 15.3. The van der Waals surface area contributed by atoms with Gasteiger partial charge < -0.3 is 15.5 Å². The fraction of sp³-hybridized carbons (Fsp3) is 0.412. The van der Waals surface area contributed by atoms with E-state index in [-0.39, 0.29) is 0 Å². The van der Waals surface area contributed by atoms with Crippen molar-refractivity contribution in [1.29, 1.82) is 0 Å². The number of fused-ring (bicyclic) bond motifs is 1. The van der Waals surface area contributed by atoms with E-state index in [1.807, 2.05) is 0 Å². The van der Waals surface area contributed by atoms with Crippen LogP contribution in [0.2, 0.25) is 0 Å². The van der Waals surface area contributed by atoms with Crippen molar-refractivity contribution in [2.45, 2.75) is 19.5 Å². The van der Waals surface area contributed by atoms with Crippen molar-refractivity contribution in [3.05, 3.63) is 42.0 Å². The van der Waals surface area contributed by atoms with Crippen LogP contribution in [-0.4, -0.2) is 37.6 Å². The monoisotopic (exact) mass is 269 g/mol. The second-order valence-electron chi connectivity index (χ2n) is 5.80. The number of nitrogens with zero attached hydrogens (tertiary/aromatic N) is 2. The van der Waals surface area contributed by atoms with Crippen LogP contribution in [0.4, 0.5) is 5.69 Å². The van der Waals surface area contributed by atoms with Crippen LogP contribution in [0.15, 0.2) is 36.4 Å². The van der Waals surface area contributed by atoms with Crippen molar-refractivity contribution in [2.24, 2.45) is 5.73 Å². The second-order valence-corrected chi connectivity index (χ2v) is 5.80. The van der Waals surface area contributed by atoms with Gasteiger partial charge in [0.15, 0.2) is 0 Å². The molecule has 0 saturated carbocycles. The van der Waals surface area contributed by atoms with Crippen LogP contribution in [-0.2, 0) is 6.54 Å². The molecule has 1 unspecified atom stereocenters. The van der Waals surface area contributed by atoms with Crippen LogP contribution in [0.1, 0.15) is 12.5 Å². The van der Waals surface area contributed by atoms with Crippen molar-refractivity contribution in [3.8, 4) is 0 Å². The fourth-order valence-corrected chi connectivity index (χ4v) is 3.27. The average molecular weight is 269 g/mol. The Balaban J connectivity index is 2.08. The predicted octanol–water partition coefficient (Wildman–Crippen LogP) is 2.44. The maximum atomic E-state index is 5.87. The Labute approximate surface area is 121 Å². The zero-order valence-corrected chi connectivity index (χ0v) is 12.3. The van der Waals surface area contributed by atoms with Crippen LogP contribution in [0.25, 0.3) is 10.8 Å². The smallest absolute Gasteiger partial charge is 0.0449 e. The molecule has 3 rings (SSSR count). The third-order valence-electron chi connectivity index (χ3n) is 4.35. The molecule has 1 atom stereocenters. The van der Waals surface area contributed by atoms with Gasteiger partial charge in [-0.2, -0.15) is 0 Å². The summed E-state index contributed by atoms with van der Waals surface area (Å²) in [6.45, 7) is 6.23. The second kappa shape index (κ2) is 5.43. The molecule has 0 radical (unpaired) electrons. The minimum absolute atomic E-state index is 0.542. The Kier molecular flexibility index (Phi) is 3.64. The van der Waals surface area contributed by atoms with Gasteiger partial charge in [0.2, 0.25) is 0 Å². The molecule has 0 aliphatic carbocycles. The molecule has 1 heterocycles. The highest BCUT2D eigenvalue weighted by Gasteiger charge is 2.23. The summed E-state index contributed by atoms with van der Waals surface area (Å²) < 4.78 is 0. The van der Waals surface area contributed by atoms with Gasteiger partial charge in [-0.05, 0) is 31.0 Å². The van der Waals surface area contributed by atoms with E-state index in [2.05, 4.69) is 60.2 Å². The largest absolute Gasteiger partial charge is 0.366 e. The number of likely N-dealkylation sites (N-methyl/N-ethyl adjacent to an activating group) is 1. The summed E-state index contributed by atoms with van der Waals surface area (Å²) in [4.78, 5) is 4.93. The summed E-state index contributed by atoms with van der Waals surface area (Å²) in [7, 11) is 2.20. The Morgan fingerprint density at radius 2 is 1.85 bits per heavy atom. The molecule has 1 fully saturated rings. The first kappa shape index (κ1) is 13.4. The molecule has 0 spiro atoms. The quantitative estimate of drug-likeness (QED) is 0.909. The van der Waals surface area contributed by atoms with Crippen LogP contribution < -0.4 is 10.6 Å². The molecule has 0 aromatic heterocycles. The van der Waals surface area contributed by atoms with Crippen LogP contribution in [0, 0.1) is 0 Å². The lowest BCUT2D eigenvalue weighted by molar-refractivity contribution is 0.276. The molecular formula is C17H23N3. The van der Waals surface area contributed by atoms with E-state index < -0.39 is 0 Å². The van der Waals surface area contributed by atoms with E-state index in [1.165, 1.54) is 22.0 Å². The minimum Gasteiger partial charge on any atom is -0.366 e. The topological polar surface area (TPSA) is 32.5 Å². The SMILES string of the molecule is CC1CN(C)CCN1c1ccc(CN)c2ccccc12. The van der Waals surface area contributed by atoms with Gasteiger partial charge in [-0.15, -0.1) is 0 Å². The molecule has 0 amide bonds. The van der Waals surface area contributed by atoms with E-state index in [0.29, 0.717) is 12.6 Å². The summed E-state index contributed by atoms with van der Waals surface area (Å²) in [6.07, 6.45) is 0. The standard InChI is InChI=1S/C17H23N3/c1-13-12-19(2)9-10-20(13)17-8-7-14(11-18)15-5-3-4-6-16(15)17/h3-8,13H,9-12,18H2,1-2H3. The van der Waals surface area contributed by atoms with Crippen molar-refractivity contribution >= 4 is 16.5 Å². The zero-order valence-electron chi connectivity index (χ0n) is 12.3. The van der Waals surface area contributed by atoms with Gasteiger partial charge in [-0.3, -0.25) is 0 Å². The summed E-state index contributed by atoms with van der Waals surface area (Å²) in [6, 6.07) is 13.6. The Hall–Kier alpha value is -1.58. The van der Waals surface area contributed by atoms with Crippen LogP contribution in [0.3, 0.4) is 0 Å². The predicted molar refractivity (Wildman–Crippen MR) is 86.1 cm³/mol. The zero-order chi connectivity index (χ0) is 14.1. The molecule has 3 nitrogen and oxygen atoms in total. The lowest BCUT2D eigenvalue weighted by atomic mass is 10.0. The lowest BCUT2D eigenvalue weighted by Crippen LogP contribution is -2.50. The third-order valence-corrected chi connectivity index (χ3v) is 4.35. The number of nitrogens with two attached hydrogens (primary N) is 1. The summed E-state index contributed by atoms with van der Waals surface area (Å²) in [5, 5.41) is 2.62. The fourth-order valence-electron chi connectivity index (χ4n) is 3.27. The summed E-state index contributed by atoms with van der Waals surface area (Å²) >= 11 is 0. The van der Waals surface area contributed by atoms with Gasteiger partial charge in [0.25, 0.3) is 0 Å². The van der Waals surface area contributed by atoms with Crippen LogP contribution in [0.5, 0.6) is 0 Å². The average Bonchev–Trinajstić information content (AvgIpc) is 2.47. The van der Waals surface area contributed by atoms with E-state index >= 15 is 0 Å². The van der Waals surface area contributed by atoms with Gasteiger partial charge in [0, 0.05) is 43.3 Å². The van der Waals surface area contributed by atoms with Crippen molar-refractivity contribution in [3.63, 3.8) is 0 Å². The first-order chi connectivity index (χ1) is 9.70. The van der Waals surface area contributed by atoms with Crippen molar-refractivity contribution in [1.82, 2.24) is 4.90 Å². The molecule has 1 aliphatic rings. The molecule has 20 heavy (non-hydrogen) atoms. The van der Waals surface area contributed by atoms with Gasteiger partial charge in [-0.1, -0.05) is 30.3 Å². The van der Waals surface area contributed by atoms with E-state index in [1.54, 1.807) is 0 Å². The number of hydrogen-bond acceptors (Lipinski definition) is 3. The number of rotatable bonds is 2. The molecule has 2 aromatic carbocycles. The molecule has 1 aliphatic heterocycles. The molecule has 3 heteroatoms. The van der Waals surface area contributed by atoms with Gasteiger partial charge in [0.05, 0.1) is 0 Å². The Morgan fingerprint density at radius 1 is 1.10 bits per heavy atom. The Bertz CT molecular complexity index is 608. The number of benzene rings is 2. The molecule has 106 valence electrons. The Morgan fingerprint density at radius 3 is 2.55 bits per heavy atom. The minimum atomic E-state index is 0.542. The maximum absolute atomic E-state index is 5.87. The molecule has 2 N–H and O–H groups in total. The first-order valence-electron chi connectivity index (χ1n) is 7.36. The summed E-state index contributed by atoms with van der Waals surface area (Å²) in [5.41, 5.74) is 8.44. The van der Waals surface area contributed by atoms with E-state index in [4.69, 9.17) is 5.73 Å². The van der Waals surface area contributed by atoms with Crippen molar-refractivity contribution < 1.29 is 0 Å². The highest BCUT2D eigenvalue weighted by molar-refractivity contribution is 5.96. The molecule has 2 aromatic rings.